The molecule has 0 aliphatic carbocycles. The van der Waals surface area contributed by atoms with Crippen LogP contribution in [0.1, 0.15) is 98.2 Å². The van der Waals surface area contributed by atoms with E-state index in [1.807, 2.05) is 163 Å². The van der Waals surface area contributed by atoms with Crippen LogP contribution in [-0.4, -0.2) is 169 Å². The number of aromatic nitrogens is 4. The third kappa shape index (κ3) is 25.1. The van der Waals surface area contributed by atoms with Crippen LogP contribution in [0.4, 0.5) is 0 Å². The van der Waals surface area contributed by atoms with Crippen molar-refractivity contribution in [2.24, 2.45) is 25.9 Å². The Hall–Kier alpha value is -6.41. The molecule has 2 aliphatic heterocycles. The first kappa shape index (κ1) is 85.8. The lowest BCUT2D eigenvalue weighted by atomic mass is 9.89. The van der Waals surface area contributed by atoms with Crippen LogP contribution in [0.2, 0.25) is 0 Å². The number of carbonyl (C=O) groups excluding carboxylic acids is 8. The summed E-state index contributed by atoms with van der Waals surface area (Å²) in [5.41, 5.74) is 5.14. The first-order valence-corrected chi connectivity index (χ1v) is 40.1. The highest BCUT2D eigenvalue weighted by Gasteiger charge is 2.28. The van der Waals surface area contributed by atoms with Crippen molar-refractivity contribution in [3.8, 4) is 0 Å². The molecule has 0 radical (unpaired) electrons. The van der Waals surface area contributed by atoms with E-state index in [1.54, 1.807) is 60.6 Å². The number of amides is 3. The highest BCUT2D eigenvalue weighted by atomic mass is 127. The quantitative estimate of drug-likeness (QED) is 0.0419. The second kappa shape index (κ2) is 41.8. The number of Topliss-reactive ketones (excluding diaryl/α,β-unsaturated/α-hetero) is 5. The Morgan fingerprint density at radius 2 is 0.781 bits per heavy atom. The summed E-state index contributed by atoms with van der Waals surface area (Å²) in [6.07, 6.45) is 3.41. The molecule has 26 heteroatoms. The predicted octanol–water partition coefficient (Wildman–Crippen LogP) is 14.4. The van der Waals surface area contributed by atoms with E-state index in [4.69, 9.17) is 24.4 Å². The lowest BCUT2D eigenvalue weighted by molar-refractivity contribution is -0.118. The van der Waals surface area contributed by atoms with Gasteiger partial charge in [-0.15, -0.1) is 0 Å². The molecule has 2 aromatic heterocycles. The van der Waals surface area contributed by atoms with Crippen LogP contribution in [0.5, 0.6) is 0 Å². The Bertz CT molecular complexity index is 4860. The van der Waals surface area contributed by atoms with Gasteiger partial charge in [0.15, 0.2) is 21.1 Å². The zero-order chi connectivity index (χ0) is 76.8. The molecule has 3 amide bonds. The number of likely N-dealkylation sites (tertiary alicyclic amines) is 2. The second-order valence-corrected chi connectivity index (χ2v) is 32.6. The molecule has 19 nitrogen and oxygen atoms in total. The fourth-order valence-electron chi connectivity index (χ4n) is 12.1. The van der Waals surface area contributed by atoms with Crippen LogP contribution in [0.25, 0.3) is 21.8 Å². The molecule has 552 valence electrons. The molecular formula is C79H84I5N9O10S2. The van der Waals surface area contributed by atoms with Gasteiger partial charge < -0.3 is 33.6 Å². The fourth-order valence-corrected chi connectivity index (χ4v) is 15.0. The minimum absolute atomic E-state index is 0.0169. The number of para-hydroxylation sites is 1. The molecule has 2 saturated heterocycles. The van der Waals surface area contributed by atoms with Crippen LogP contribution in [0.15, 0.2) is 179 Å². The van der Waals surface area contributed by atoms with Crippen molar-refractivity contribution in [3.05, 3.63) is 246 Å². The first-order valence-electron chi connectivity index (χ1n) is 33.9. The monoisotopic (exact) mass is 2020 g/mol. The Balaban J connectivity index is 0.000000191. The average molecular weight is 2020 g/mol. The van der Waals surface area contributed by atoms with Gasteiger partial charge in [0.05, 0.1) is 47.0 Å². The molecule has 7 aromatic carbocycles. The van der Waals surface area contributed by atoms with Gasteiger partial charge in [-0.05, 0) is 307 Å². The zero-order valence-corrected chi connectivity index (χ0v) is 72.2. The molecule has 2 aliphatic rings. The number of nitrogens with zero attached hydrogens (tertiary/aromatic N) is 9. The Labute approximate surface area is 690 Å². The number of hydrogen-bond acceptors (Lipinski definition) is 14. The summed E-state index contributed by atoms with van der Waals surface area (Å²) in [5, 5.41) is 1.39. The maximum Gasteiger partial charge on any atom is 0.262 e. The molecule has 0 bridgehead atoms. The lowest BCUT2D eigenvalue weighted by Gasteiger charge is -2.31. The first-order chi connectivity index (χ1) is 49.9. The summed E-state index contributed by atoms with van der Waals surface area (Å²) in [7, 11) is 8.70. The number of benzene rings is 7. The van der Waals surface area contributed by atoms with Gasteiger partial charge >= 0.3 is 0 Å². The van der Waals surface area contributed by atoms with Gasteiger partial charge in [0.25, 0.3) is 28.8 Å². The van der Waals surface area contributed by atoms with Crippen molar-refractivity contribution in [1.82, 2.24) is 42.8 Å². The van der Waals surface area contributed by atoms with Crippen molar-refractivity contribution >= 4 is 206 Å². The van der Waals surface area contributed by atoms with Gasteiger partial charge in [-0.25, -0.2) is 0 Å². The Morgan fingerprint density at radius 1 is 0.400 bits per heavy atom. The molecule has 0 spiro atoms. The number of carbonyl (C=O) groups is 8. The molecule has 4 heterocycles. The van der Waals surface area contributed by atoms with E-state index in [9.17, 15) is 47.9 Å². The number of fused-ring (bicyclic) bond motifs is 2. The van der Waals surface area contributed by atoms with Crippen LogP contribution in [-0.2, 0) is 41.6 Å². The van der Waals surface area contributed by atoms with Gasteiger partial charge in [0.1, 0.15) is 17.3 Å². The molecule has 11 rings (SSSR count). The fraction of sp³-hybridized carbons (Fsp3) is 0.316. The largest absolute Gasteiger partial charge is 0.334 e. The summed E-state index contributed by atoms with van der Waals surface area (Å²) >= 11 is 22.0. The van der Waals surface area contributed by atoms with Crippen molar-refractivity contribution < 1.29 is 38.4 Å². The van der Waals surface area contributed by atoms with Crippen molar-refractivity contribution in [3.63, 3.8) is 0 Å². The summed E-state index contributed by atoms with van der Waals surface area (Å²) in [5.74, 6) is 0.246. The lowest BCUT2D eigenvalue weighted by Crippen LogP contribution is -2.39. The Kier molecular flexibility index (Phi) is 34.2. The molecule has 0 atom stereocenters. The van der Waals surface area contributed by atoms with E-state index in [0.717, 1.165) is 105 Å². The molecule has 105 heavy (non-hydrogen) atoms. The molecular weight excluding hydrogens is 1930 g/mol. The highest BCUT2D eigenvalue weighted by molar-refractivity contribution is 14.1. The van der Waals surface area contributed by atoms with Gasteiger partial charge in [-0.2, -0.15) is 0 Å². The van der Waals surface area contributed by atoms with E-state index in [1.165, 1.54) is 35.5 Å². The topological polar surface area (TPSA) is 207 Å². The molecule has 0 N–H and O–H groups in total. The van der Waals surface area contributed by atoms with Crippen LogP contribution < -0.4 is 11.1 Å². The van der Waals surface area contributed by atoms with Gasteiger partial charge in [-0.3, -0.25) is 57.1 Å². The predicted molar refractivity (Wildman–Crippen MR) is 462 cm³/mol. The van der Waals surface area contributed by atoms with E-state index >= 15 is 0 Å². The standard InChI is InChI=1S/2C23H24IN3O2S.3C11H12INO2/c1-25-20-5-3-2-4-19(20)22(29)27(23(25)30)15-14-26-12-10-17(11-13-26)21(28)16-6-8-18(24)9-7-16;1-25-20-8-7-18(24)15-19(20)22(29)27(23(25)30)14-13-26-11-9-17(10-12-26)21(28)16-5-3-2-4-6-16;1-8(14)7-13(2)11(15)9-3-5-10(12)6-4-9;1-8(14)7-13(2)11(15)9-4-3-5-10(12)6-9;1-8(14)7-13(2)11(15)9-5-3-4-6-10(9)12/h2-9,17H,10-15H2,1H3;2-8,15,17H,9-14H2,1H3;3*3-6H,7H2,1-2H3. The molecule has 0 unspecified atom stereocenters. The van der Waals surface area contributed by atoms with Crippen molar-refractivity contribution in [2.45, 2.75) is 59.5 Å². The third-order valence-electron chi connectivity index (χ3n) is 17.6. The van der Waals surface area contributed by atoms with Crippen molar-refractivity contribution in [2.75, 3.05) is 80.0 Å². The summed E-state index contributed by atoms with van der Waals surface area (Å²) in [6.45, 7) is 11.0. The Morgan fingerprint density at radius 3 is 1.26 bits per heavy atom. The minimum Gasteiger partial charge on any atom is -0.334 e. The minimum atomic E-state index is -0.124. The third-order valence-corrected chi connectivity index (χ3v) is 22.4. The molecule has 9 aromatic rings. The number of hydrogen-bond donors (Lipinski definition) is 0. The van der Waals surface area contributed by atoms with Crippen molar-refractivity contribution in [1.29, 1.82) is 0 Å². The molecule has 0 saturated carbocycles. The summed E-state index contributed by atoms with van der Waals surface area (Å²) in [6, 6.07) is 52.7. The van der Waals surface area contributed by atoms with E-state index in [0.29, 0.717) is 50.1 Å². The van der Waals surface area contributed by atoms with E-state index in [2.05, 4.69) is 123 Å². The van der Waals surface area contributed by atoms with Crippen LogP contribution in [0.3, 0.4) is 0 Å². The maximum absolute atomic E-state index is 13.0. The van der Waals surface area contributed by atoms with Crippen LogP contribution >= 0.6 is 137 Å². The molecule has 2 fully saturated rings. The smallest absolute Gasteiger partial charge is 0.262 e. The summed E-state index contributed by atoms with van der Waals surface area (Å²) in [4.78, 5) is 128. The van der Waals surface area contributed by atoms with Gasteiger partial charge in [0, 0.05) is 113 Å². The average Bonchev–Trinajstić information content (AvgIpc) is 0.771. The number of rotatable bonds is 19. The van der Waals surface area contributed by atoms with Crippen LogP contribution in [0, 0.1) is 39.2 Å². The SMILES string of the molecule is CC(=O)CN(C)C(=O)c1ccc(I)cc1.CC(=O)CN(C)C(=O)c1cccc(I)c1.CC(=O)CN(C)C(=O)c1ccccc1I.Cn1c(=S)n(CCN2CCC(C(=O)c3ccc(I)cc3)CC2)c(=O)c2ccccc21.Cn1c(=S)n(CCN2CCC(C(=O)c3ccccc3)CC2)c(=O)c2cc(I)ccc21. The van der Waals surface area contributed by atoms with E-state index in [-0.39, 0.29) is 89.2 Å². The van der Waals surface area contributed by atoms with Gasteiger partial charge in [0.2, 0.25) is 0 Å². The number of piperidine rings is 2. The second-order valence-electron chi connectivity index (χ2n) is 25.7. The number of halogens is 5. The highest BCUT2D eigenvalue weighted by Crippen LogP contribution is 2.25. The number of likely N-dealkylation sites (N-methyl/N-ethyl adjacent to an activating group) is 3. The summed E-state index contributed by atoms with van der Waals surface area (Å²) < 4.78 is 13.5. The zero-order valence-electron chi connectivity index (χ0n) is 59.7. The van der Waals surface area contributed by atoms with Gasteiger partial charge in [-0.1, -0.05) is 72.8 Å². The van der Waals surface area contributed by atoms with E-state index < -0.39 is 0 Å². The number of aryl methyl sites for hydroxylation is 2. The number of ketones is 5. The normalized spacial score (nSPS) is 13.1. The maximum atomic E-state index is 13.0.